The fraction of sp³-hybridized carbons (Fsp3) is 0.364. The predicted molar refractivity (Wildman–Crippen MR) is 113 cm³/mol. The summed E-state index contributed by atoms with van der Waals surface area (Å²) < 4.78 is 25.9. The molecule has 4 rings (SSSR count). The summed E-state index contributed by atoms with van der Waals surface area (Å²) in [5.41, 5.74) is -0.237. The third-order valence-corrected chi connectivity index (χ3v) is 5.81. The summed E-state index contributed by atoms with van der Waals surface area (Å²) in [5, 5.41) is 11.1. The Morgan fingerprint density at radius 1 is 1.35 bits per heavy atom. The summed E-state index contributed by atoms with van der Waals surface area (Å²) >= 11 is 5.93. The lowest BCUT2D eigenvalue weighted by Gasteiger charge is -2.42. The molecule has 3 aromatic rings. The number of oxazole rings is 1. The molecular weight excluding hydrogens is 427 g/mol. The Morgan fingerprint density at radius 3 is 2.94 bits per heavy atom. The number of amides is 1. The van der Waals surface area contributed by atoms with E-state index in [9.17, 15) is 19.1 Å². The van der Waals surface area contributed by atoms with E-state index in [1.54, 1.807) is 36.1 Å². The third-order valence-electron chi connectivity index (χ3n) is 5.57. The number of carbonyl (C=O) groups is 1. The lowest BCUT2D eigenvalue weighted by molar-refractivity contribution is -0.143. The summed E-state index contributed by atoms with van der Waals surface area (Å²) in [6, 6.07) is 10.5. The van der Waals surface area contributed by atoms with E-state index >= 15 is 0 Å². The fourth-order valence-corrected chi connectivity index (χ4v) is 3.89. The van der Waals surface area contributed by atoms with Crippen molar-refractivity contribution in [3.05, 3.63) is 63.9 Å². The first kappa shape index (κ1) is 21.4. The average molecular weight is 449 g/mol. The van der Waals surface area contributed by atoms with E-state index in [1.165, 1.54) is 22.8 Å². The number of hydrogen-bond donors (Lipinski definition) is 1. The van der Waals surface area contributed by atoms with Gasteiger partial charge in [0, 0.05) is 36.7 Å². The van der Waals surface area contributed by atoms with Crippen LogP contribution in [-0.4, -0.2) is 45.3 Å². The minimum absolute atomic E-state index is 0.0754. The molecule has 1 saturated heterocycles. The van der Waals surface area contributed by atoms with Crippen molar-refractivity contribution >= 4 is 28.6 Å². The van der Waals surface area contributed by atoms with Crippen LogP contribution in [-0.2, 0) is 11.3 Å². The number of nitrogens with zero attached hydrogens (tertiary/aromatic N) is 2. The van der Waals surface area contributed by atoms with Crippen LogP contribution in [0.1, 0.15) is 19.8 Å². The highest BCUT2D eigenvalue weighted by Gasteiger charge is 2.40. The first-order valence-corrected chi connectivity index (χ1v) is 10.3. The van der Waals surface area contributed by atoms with Crippen molar-refractivity contribution in [3.63, 3.8) is 0 Å². The number of halogens is 2. The van der Waals surface area contributed by atoms with Gasteiger partial charge in [0.1, 0.15) is 23.3 Å². The number of aryl methyl sites for hydroxylation is 1. The lowest BCUT2D eigenvalue weighted by Crippen LogP contribution is -2.57. The molecule has 1 fully saturated rings. The van der Waals surface area contributed by atoms with E-state index in [4.69, 9.17) is 20.8 Å². The fourth-order valence-electron chi connectivity index (χ4n) is 3.72. The first-order chi connectivity index (χ1) is 14.7. The second-order valence-corrected chi connectivity index (χ2v) is 8.33. The van der Waals surface area contributed by atoms with Gasteiger partial charge in [0.15, 0.2) is 5.58 Å². The largest absolute Gasteiger partial charge is 0.485 e. The second-order valence-electron chi connectivity index (χ2n) is 7.89. The lowest BCUT2D eigenvalue weighted by atomic mass is 9.90. The molecule has 2 heterocycles. The topological polar surface area (TPSA) is 84.9 Å². The standard InChI is InChI=1S/C22H22ClFN2O5/c1-22(29)8-10-25(13-19(22)30-16-4-2-3-15(24)12-16)20(27)7-9-26-17-6-5-14(23)11-18(17)31-21(26)28/h2-6,11-12,19,29H,7-10,13H2,1H3/t19-,22-/m0/s1. The smallest absolute Gasteiger partial charge is 0.419 e. The van der Waals surface area contributed by atoms with Crippen LogP contribution >= 0.6 is 11.6 Å². The van der Waals surface area contributed by atoms with Gasteiger partial charge < -0.3 is 19.2 Å². The first-order valence-electron chi connectivity index (χ1n) is 9.94. The Bertz CT molecular complexity index is 1170. The number of likely N-dealkylation sites (tertiary alicyclic amines) is 1. The number of ether oxygens (including phenoxy) is 1. The quantitative estimate of drug-likeness (QED) is 0.648. The van der Waals surface area contributed by atoms with Gasteiger partial charge in [-0.25, -0.2) is 9.18 Å². The van der Waals surface area contributed by atoms with E-state index in [0.29, 0.717) is 29.1 Å². The van der Waals surface area contributed by atoms with E-state index < -0.39 is 23.3 Å². The van der Waals surface area contributed by atoms with Gasteiger partial charge in [-0.3, -0.25) is 9.36 Å². The number of carbonyl (C=O) groups excluding carboxylic acids is 1. The second kappa shape index (κ2) is 8.36. The monoisotopic (exact) mass is 448 g/mol. The number of aliphatic hydroxyl groups is 1. The number of aromatic nitrogens is 1. The minimum atomic E-state index is -1.17. The van der Waals surface area contributed by atoms with Crippen LogP contribution in [0, 0.1) is 5.82 Å². The Hall–Kier alpha value is -2.84. The SMILES string of the molecule is C[C@]1(O)CCN(C(=O)CCn2c(=O)oc3cc(Cl)ccc32)C[C@@H]1Oc1cccc(F)c1. The number of rotatable bonds is 5. The van der Waals surface area contributed by atoms with Gasteiger partial charge in [-0.15, -0.1) is 0 Å². The molecule has 1 aliphatic rings. The molecule has 9 heteroatoms. The Balaban J connectivity index is 1.44. The maximum Gasteiger partial charge on any atom is 0.419 e. The van der Waals surface area contributed by atoms with Gasteiger partial charge in [-0.05, 0) is 37.6 Å². The van der Waals surface area contributed by atoms with Crippen molar-refractivity contribution in [2.75, 3.05) is 13.1 Å². The highest BCUT2D eigenvalue weighted by molar-refractivity contribution is 6.31. The number of hydrogen-bond acceptors (Lipinski definition) is 5. The normalized spacial score (nSPS) is 21.4. The van der Waals surface area contributed by atoms with Gasteiger partial charge in [-0.1, -0.05) is 17.7 Å². The van der Waals surface area contributed by atoms with E-state index in [1.807, 2.05) is 0 Å². The summed E-state index contributed by atoms with van der Waals surface area (Å²) in [4.78, 5) is 26.6. The van der Waals surface area contributed by atoms with E-state index in [-0.39, 0.29) is 31.2 Å². The van der Waals surface area contributed by atoms with Gasteiger partial charge in [-0.2, -0.15) is 0 Å². The van der Waals surface area contributed by atoms with Gasteiger partial charge in [0.05, 0.1) is 12.1 Å². The molecule has 0 unspecified atom stereocenters. The van der Waals surface area contributed by atoms with Crippen LogP contribution in [0.3, 0.4) is 0 Å². The molecular formula is C22H22ClFN2O5. The minimum Gasteiger partial charge on any atom is -0.485 e. The molecule has 31 heavy (non-hydrogen) atoms. The summed E-state index contributed by atoms with van der Waals surface area (Å²) in [6.45, 7) is 2.29. The molecule has 0 saturated carbocycles. The maximum atomic E-state index is 13.5. The molecule has 0 spiro atoms. The van der Waals surface area contributed by atoms with Crippen LogP contribution in [0.25, 0.3) is 11.1 Å². The molecule has 2 aromatic carbocycles. The molecule has 1 N–H and O–H groups in total. The Morgan fingerprint density at radius 2 is 2.16 bits per heavy atom. The molecule has 7 nitrogen and oxygen atoms in total. The van der Waals surface area contributed by atoms with Crippen LogP contribution in [0.5, 0.6) is 5.75 Å². The van der Waals surface area contributed by atoms with Crippen LogP contribution < -0.4 is 10.5 Å². The van der Waals surface area contributed by atoms with Crippen molar-refractivity contribution < 1.29 is 23.4 Å². The van der Waals surface area contributed by atoms with E-state index in [2.05, 4.69) is 0 Å². The van der Waals surface area contributed by atoms with Crippen LogP contribution in [0.2, 0.25) is 5.02 Å². The number of benzene rings is 2. The molecule has 164 valence electrons. The summed E-state index contributed by atoms with van der Waals surface area (Å²) in [5.74, 6) is -0.896. The molecule has 0 bridgehead atoms. The summed E-state index contributed by atoms with van der Waals surface area (Å²) in [6.07, 6.45) is -0.329. The third kappa shape index (κ3) is 4.60. The number of fused-ring (bicyclic) bond motifs is 1. The zero-order valence-corrected chi connectivity index (χ0v) is 17.6. The van der Waals surface area contributed by atoms with E-state index in [0.717, 1.165) is 0 Å². The predicted octanol–water partition coefficient (Wildman–Crippen LogP) is 3.21. The highest BCUT2D eigenvalue weighted by atomic mass is 35.5. The van der Waals surface area contributed by atoms with Crippen molar-refractivity contribution in [1.82, 2.24) is 9.47 Å². The Kier molecular flexibility index (Phi) is 5.77. The van der Waals surface area contributed by atoms with Crippen molar-refractivity contribution in [2.45, 2.75) is 38.0 Å². The highest BCUT2D eigenvalue weighted by Crippen LogP contribution is 2.27. The van der Waals surface area contributed by atoms with Crippen molar-refractivity contribution in [1.29, 1.82) is 0 Å². The molecule has 1 amide bonds. The molecule has 1 aliphatic heterocycles. The molecule has 0 radical (unpaired) electrons. The molecule has 2 atom stereocenters. The average Bonchev–Trinajstić information content (AvgIpc) is 3.01. The zero-order chi connectivity index (χ0) is 22.2. The zero-order valence-electron chi connectivity index (χ0n) is 16.9. The molecule has 0 aliphatic carbocycles. The maximum absolute atomic E-state index is 13.5. The molecule has 1 aromatic heterocycles. The van der Waals surface area contributed by atoms with Crippen molar-refractivity contribution in [2.24, 2.45) is 0 Å². The van der Waals surface area contributed by atoms with Gasteiger partial charge >= 0.3 is 5.76 Å². The van der Waals surface area contributed by atoms with Gasteiger partial charge in [0.25, 0.3) is 0 Å². The van der Waals surface area contributed by atoms with Crippen LogP contribution in [0.4, 0.5) is 4.39 Å². The van der Waals surface area contributed by atoms with Gasteiger partial charge in [0.2, 0.25) is 5.91 Å². The van der Waals surface area contributed by atoms with Crippen molar-refractivity contribution in [3.8, 4) is 5.75 Å². The summed E-state index contributed by atoms with van der Waals surface area (Å²) in [7, 11) is 0. The number of piperidine rings is 1. The Labute approximate surface area is 182 Å². The van der Waals surface area contributed by atoms with Crippen LogP contribution in [0.15, 0.2) is 51.7 Å².